The van der Waals surface area contributed by atoms with Crippen LogP contribution in [-0.4, -0.2) is 16.1 Å². The van der Waals surface area contributed by atoms with E-state index in [1.807, 2.05) is 6.92 Å². The molecule has 4 N–H and O–H groups in total. The van der Waals surface area contributed by atoms with Crippen LogP contribution in [0.5, 0.6) is 0 Å². The van der Waals surface area contributed by atoms with E-state index in [0.29, 0.717) is 18.2 Å². The molecule has 0 bridgehead atoms. The zero-order chi connectivity index (χ0) is 14.9. The highest BCUT2D eigenvalue weighted by atomic mass is 16.2. The molecule has 2 rings (SSSR count). The first-order chi connectivity index (χ1) is 9.41. The molecule has 20 heavy (non-hydrogen) atoms. The van der Waals surface area contributed by atoms with Gasteiger partial charge in [-0.25, -0.2) is 4.79 Å². The number of hydrogen-bond donors (Lipinski definition) is 3. The largest absolute Gasteiger partial charge is 0.383 e. The lowest BCUT2D eigenvalue weighted by Crippen LogP contribution is -2.35. The molecule has 6 nitrogen and oxygen atoms in total. The lowest BCUT2D eigenvalue weighted by molar-refractivity contribution is 0.380. The van der Waals surface area contributed by atoms with Gasteiger partial charge in [-0.3, -0.25) is 14.3 Å². The molecule has 1 aliphatic carbocycles. The molecule has 0 amide bonds. The van der Waals surface area contributed by atoms with Gasteiger partial charge in [-0.1, -0.05) is 20.8 Å². The van der Waals surface area contributed by atoms with Crippen molar-refractivity contribution in [3.63, 3.8) is 0 Å². The lowest BCUT2D eigenvalue weighted by Gasteiger charge is -2.21. The van der Waals surface area contributed by atoms with Gasteiger partial charge in [0.1, 0.15) is 11.5 Å². The number of aromatic nitrogens is 2. The van der Waals surface area contributed by atoms with Crippen LogP contribution in [0.15, 0.2) is 9.59 Å². The predicted octanol–water partition coefficient (Wildman–Crippen LogP) is 1.38. The molecule has 0 radical (unpaired) electrons. The van der Waals surface area contributed by atoms with Crippen molar-refractivity contribution in [2.75, 3.05) is 17.6 Å². The average molecular weight is 280 g/mol. The Balaban J connectivity index is 2.26. The monoisotopic (exact) mass is 280 g/mol. The summed E-state index contributed by atoms with van der Waals surface area (Å²) in [5.74, 6) is 0.803. The van der Waals surface area contributed by atoms with Crippen molar-refractivity contribution in [1.82, 2.24) is 9.55 Å². The summed E-state index contributed by atoms with van der Waals surface area (Å²) in [5, 5.41) is 3.16. The van der Waals surface area contributed by atoms with E-state index >= 15 is 0 Å². The average Bonchev–Trinajstić information content (AvgIpc) is 3.15. The van der Waals surface area contributed by atoms with Crippen LogP contribution >= 0.6 is 0 Å². The Bertz CT molecular complexity index is 596. The molecule has 1 heterocycles. The van der Waals surface area contributed by atoms with E-state index in [1.54, 1.807) is 0 Å². The second-order valence-corrected chi connectivity index (χ2v) is 6.04. The molecule has 1 aromatic heterocycles. The van der Waals surface area contributed by atoms with Crippen LogP contribution in [0.2, 0.25) is 0 Å². The quantitative estimate of drug-likeness (QED) is 0.734. The van der Waals surface area contributed by atoms with E-state index in [4.69, 9.17) is 5.73 Å². The maximum Gasteiger partial charge on any atom is 0.330 e. The zero-order valence-corrected chi connectivity index (χ0v) is 12.5. The van der Waals surface area contributed by atoms with Crippen molar-refractivity contribution in [3.05, 3.63) is 20.8 Å². The summed E-state index contributed by atoms with van der Waals surface area (Å²) in [7, 11) is 0. The van der Waals surface area contributed by atoms with Gasteiger partial charge in [0.05, 0.1) is 0 Å². The highest BCUT2D eigenvalue weighted by Crippen LogP contribution is 2.51. The maximum atomic E-state index is 11.9. The van der Waals surface area contributed by atoms with E-state index in [-0.39, 0.29) is 11.2 Å². The van der Waals surface area contributed by atoms with Crippen molar-refractivity contribution in [3.8, 4) is 0 Å². The third kappa shape index (κ3) is 2.59. The van der Waals surface area contributed by atoms with E-state index < -0.39 is 11.2 Å². The highest BCUT2D eigenvalue weighted by molar-refractivity contribution is 5.60. The molecule has 0 saturated heterocycles. The summed E-state index contributed by atoms with van der Waals surface area (Å²) in [6.45, 7) is 7.58. The standard InChI is InChI=1S/C14H24N4O2/c1-4-7-18-11(15)10(12(19)17-13(18)20)16-8-14(5-6-14)9(2)3/h9,16H,4-8,15H2,1-3H3,(H,17,19,20). The fourth-order valence-electron chi connectivity index (χ4n) is 2.59. The third-order valence-electron chi connectivity index (χ3n) is 4.42. The molecule has 6 heteroatoms. The molecule has 0 spiro atoms. The summed E-state index contributed by atoms with van der Waals surface area (Å²) in [5.41, 5.74) is 5.70. The second-order valence-electron chi connectivity index (χ2n) is 6.04. The Morgan fingerprint density at radius 3 is 2.55 bits per heavy atom. The van der Waals surface area contributed by atoms with Crippen LogP contribution in [0.1, 0.15) is 40.0 Å². The predicted molar refractivity (Wildman–Crippen MR) is 81.0 cm³/mol. The van der Waals surface area contributed by atoms with Gasteiger partial charge < -0.3 is 11.1 Å². The van der Waals surface area contributed by atoms with Crippen LogP contribution in [0, 0.1) is 11.3 Å². The number of nitrogens with two attached hydrogens (primary N) is 1. The molecule has 1 aliphatic rings. The second kappa shape index (κ2) is 5.34. The van der Waals surface area contributed by atoms with Crippen LogP contribution < -0.4 is 22.3 Å². The van der Waals surface area contributed by atoms with Crippen molar-refractivity contribution in [2.24, 2.45) is 11.3 Å². The van der Waals surface area contributed by atoms with Crippen molar-refractivity contribution < 1.29 is 0 Å². The summed E-state index contributed by atoms with van der Waals surface area (Å²) < 4.78 is 1.42. The molecule has 0 atom stereocenters. The van der Waals surface area contributed by atoms with E-state index in [1.165, 1.54) is 17.4 Å². The number of rotatable bonds is 6. The van der Waals surface area contributed by atoms with E-state index in [9.17, 15) is 9.59 Å². The van der Waals surface area contributed by atoms with Gasteiger partial charge in [0.25, 0.3) is 5.56 Å². The smallest absolute Gasteiger partial charge is 0.330 e. The summed E-state index contributed by atoms with van der Waals surface area (Å²) in [4.78, 5) is 26.0. The van der Waals surface area contributed by atoms with Gasteiger partial charge in [-0.15, -0.1) is 0 Å². The first-order valence-electron chi connectivity index (χ1n) is 7.28. The summed E-state index contributed by atoms with van der Waals surface area (Å²) in [6, 6.07) is 0. The van der Waals surface area contributed by atoms with E-state index in [0.717, 1.165) is 13.0 Å². The Morgan fingerprint density at radius 2 is 2.05 bits per heavy atom. The topological polar surface area (TPSA) is 92.9 Å². The van der Waals surface area contributed by atoms with Crippen molar-refractivity contribution in [1.29, 1.82) is 0 Å². The number of hydrogen-bond acceptors (Lipinski definition) is 4. The first kappa shape index (κ1) is 14.7. The molecular formula is C14H24N4O2. The number of aromatic amines is 1. The molecule has 0 unspecified atom stereocenters. The Kier molecular flexibility index (Phi) is 3.92. The van der Waals surface area contributed by atoms with Gasteiger partial charge in [-0.2, -0.15) is 0 Å². The SMILES string of the molecule is CCCn1c(N)c(NCC2(C(C)C)CC2)c(=O)[nH]c1=O. The molecule has 1 fully saturated rings. The van der Waals surface area contributed by atoms with Crippen molar-refractivity contribution >= 4 is 11.5 Å². The minimum Gasteiger partial charge on any atom is -0.383 e. The summed E-state index contributed by atoms with van der Waals surface area (Å²) >= 11 is 0. The van der Waals surface area contributed by atoms with Crippen LogP contribution in [0.3, 0.4) is 0 Å². The normalized spacial score (nSPS) is 16.4. The fraction of sp³-hybridized carbons (Fsp3) is 0.714. The minimum absolute atomic E-state index is 0.236. The van der Waals surface area contributed by atoms with Crippen molar-refractivity contribution in [2.45, 2.75) is 46.6 Å². The van der Waals surface area contributed by atoms with Crippen LogP contribution in [0.4, 0.5) is 11.5 Å². The number of nitrogens with one attached hydrogen (secondary N) is 2. The Labute approximate surface area is 118 Å². The third-order valence-corrected chi connectivity index (χ3v) is 4.42. The zero-order valence-electron chi connectivity index (χ0n) is 12.5. The van der Waals surface area contributed by atoms with Crippen LogP contribution in [-0.2, 0) is 6.54 Å². The Hall–Kier alpha value is -1.72. The summed E-state index contributed by atoms with van der Waals surface area (Å²) in [6.07, 6.45) is 3.12. The van der Waals surface area contributed by atoms with Gasteiger partial charge in [0, 0.05) is 13.1 Å². The van der Waals surface area contributed by atoms with Gasteiger partial charge in [0.2, 0.25) is 0 Å². The van der Waals surface area contributed by atoms with Gasteiger partial charge >= 0.3 is 5.69 Å². The first-order valence-corrected chi connectivity index (χ1v) is 7.28. The minimum atomic E-state index is -0.440. The number of anilines is 2. The van der Waals surface area contributed by atoms with E-state index in [2.05, 4.69) is 24.1 Å². The maximum absolute atomic E-state index is 11.9. The molecule has 112 valence electrons. The highest BCUT2D eigenvalue weighted by Gasteiger charge is 2.45. The van der Waals surface area contributed by atoms with Gasteiger partial charge in [-0.05, 0) is 30.6 Å². The molecule has 1 aromatic rings. The molecule has 1 saturated carbocycles. The number of H-pyrrole nitrogens is 1. The van der Waals surface area contributed by atoms with Crippen LogP contribution in [0.25, 0.3) is 0 Å². The Morgan fingerprint density at radius 1 is 1.40 bits per heavy atom. The lowest BCUT2D eigenvalue weighted by atomic mass is 9.92. The fourth-order valence-corrected chi connectivity index (χ4v) is 2.59. The number of nitrogen functional groups attached to an aromatic ring is 1. The molecule has 0 aliphatic heterocycles. The van der Waals surface area contributed by atoms with Gasteiger partial charge in [0.15, 0.2) is 0 Å². The number of nitrogens with zero attached hydrogens (tertiary/aromatic N) is 1. The molecule has 0 aromatic carbocycles. The molecular weight excluding hydrogens is 256 g/mol.